The molecule has 0 bridgehead atoms. The molecule has 0 fully saturated rings. The third-order valence-electron chi connectivity index (χ3n) is 3.68. The van der Waals surface area contributed by atoms with Gasteiger partial charge in [-0.1, -0.05) is 23.3 Å². The molecule has 0 saturated heterocycles. The maximum absolute atomic E-state index is 12.4. The highest BCUT2D eigenvalue weighted by molar-refractivity contribution is 6.21. The van der Waals surface area contributed by atoms with E-state index in [0.717, 1.165) is 0 Å². The van der Waals surface area contributed by atoms with Crippen LogP contribution in [0.3, 0.4) is 0 Å². The Morgan fingerprint density at radius 1 is 1.04 bits per heavy atom. The van der Waals surface area contributed by atoms with Gasteiger partial charge in [-0.15, -0.1) is 0 Å². The van der Waals surface area contributed by atoms with Gasteiger partial charge in [0.05, 0.1) is 16.7 Å². The fourth-order valence-corrected chi connectivity index (χ4v) is 2.61. The third-order valence-corrected chi connectivity index (χ3v) is 3.68. The first-order valence-electron chi connectivity index (χ1n) is 7.12. The van der Waals surface area contributed by atoms with Crippen LogP contribution in [0.4, 0.5) is 0 Å². The largest absolute Gasteiger partial charge is 0.441 e. The van der Waals surface area contributed by atoms with E-state index in [1.807, 2.05) is 0 Å². The molecule has 7 heteroatoms. The Hall–Kier alpha value is -3.48. The average molecular weight is 322 g/mol. The van der Waals surface area contributed by atoms with Crippen LogP contribution in [-0.4, -0.2) is 27.8 Å². The standard InChI is InChI=1S/C17H10N2O5/c1-9-18-14-12(7-4-8-13(14)23-9)17(22)24-19-15(20)10-5-2-3-6-11(10)16(19)21/h2-8H,1H3. The Kier molecular flexibility index (Phi) is 2.96. The summed E-state index contributed by atoms with van der Waals surface area (Å²) >= 11 is 0. The molecular weight excluding hydrogens is 312 g/mol. The average Bonchev–Trinajstić information content (AvgIpc) is 3.07. The van der Waals surface area contributed by atoms with Crippen LogP contribution >= 0.6 is 0 Å². The molecule has 4 rings (SSSR count). The molecule has 7 nitrogen and oxygen atoms in total. The molecule has 0 atom stereocenters. The van der Waals surface area contributed by atoms with Crippen LogP contribution in [0, 0.1) is 6.92 Å². The SMILES string of the molecule is Cc1nc2c(C(=O)ON3C(=O)c4ccccc4C3=O)cccc2o1. The first-order valence-corrected chi connectivity index (χ1v) is 7.12. The van der Waals surface area contributed by atoms with Crippen molar-refractivity contribution >= 4 is 28.9 Å². The lowest BCUT2D eigenvalue weighted by Gasteiger charge is -2.12. The van der Waals surface area contributed by atoms with Gasteiger partial charge >= 0.3 is 5.97 Å². The van der Waals surface area contributed by atoms with Gasteiger partial charge < -0.3 is 9.25 Å². The molecule has 1 aliphatic rings. The van der Waals surface area contributed by atoms with Gasteiger partial charge in [0.2, 0.25) is 0 Å². The molecule has 2 amide bonds. The van der Waals surface area contributed by atoms with E-state index in [1.54, 1.807) is 31.2 Å². The van der Waals surface area contributed by atoms with Crippen molar-refractivity contribution < 1.29 is 23.6 Å². The zero-order valence-corrected chi connectivity index (χ0v) is 12.5. The van der Waals surface area contributed by atoms with Crippen LogP contribution in [0.1, 0.15) is 37.0 Å². The lowest BCUT2D eigenvalue weighted by atomic mass is 10.1. The van der Waals surface area contributed by atoms with Gasteiger partial charge in [-0.25, -0.2) is 9.78 Å². The van der Waals surface area contributed by atoms with Crippen molar-refractivity contribution in [2.75, 3.05) is 0 Å². The Morgan fingerprint density at radius 3 is 2.38 bits per heavy atom. The monoisotopic (exact) mass is 322 g/mol. The fraction of sp³-hybridized carbons (Fsp3) is 0.0588. The van der Waals surface area contributed by atoms with Gasteiger partial charge in [-0.05, 0) is 24.3 Å². The van der Waals surface area contributed by atoms with Crippen molar-refractivity contribution in [3.8, 4) is 0 Å². The predicted octanol–water partition coefficient (Wildman–Crippen LogP) is 2.50. The summed E-state index contributed by atoms with van der Waals surface area (Å²) in [5, 5.41) is 0.471. The van der Waals surface area contributed by atoms with Gasteiger partial charge in [-0.3, -0.25) is 9.59 Å². The number of para-hydroxylation sites is 1. The van der Waals surface area contributed by atoms with Crippen LogP contribution in [0.25, 0.3) is 11.1 Å². The summed E-state index contributed by atoms with van der Waals surface area (Å²) in [7, 11) is 0. The number of nitrogens with zero attached hydrogens (tertiary/aromatic N) is 2. The van der Waals surface area contributed by atoms with Gasteiger partial charge in [0.1, 0.15) is 5.52 Å². The van der Waals surface area contributed by atoms with E-state index in [1.165, 1.54) is 18.2 Å². The number of carbonyl (C=O) groups is 3. The molecule has 2 heterocycles. The molecule has 0 radical (unpaired) electrons. The van der Waals surface area contributed by atoms with Gasteiger partial charge in [0.15, 0.2) is 11.5 Å². The lowest BCUT2D eigenvalue weighted by Crippen LogP contribution is -2.32. The smallest absolute Gasteiger partial charge is 0.366 e. The summed E-state index contributed by atoms with van der Waals surface area (Å²) in [6, 6.07) is 11.0. The topological polar surface area (TPSA) is 89.7 Å². The number of fused-ring (bicyclic) bond motifs is 2. The molecule has 0 unspecified atom stereocenters. The number of aryl methyl sites for hydroxylation is 1. The summed E-state index contributed by atoms with van der Waals surface area (Å²) in [5.41, 5.74) is 1.25. The molecule has 3 aromatic rings. The summed E-state index contributed by atoms with van der Waals surface area (Å²) in [6.07, 6.45) is 0. The summed E-state index contributed by atoms with van der Waals surface area (Å²) in [4.78, 5) is 46.1. The molecule has 24 heavy (non-hydrogen) atoms. The molecule has 1 aliphatic heterocycles. The number of aromatic nitrogens is 1. The Balaban J connectivity index is 1.68. The van der Waals surface area contributed by atoms with Crippen molar-refractivity contribution in [3.05, 3.63) is 65.0 Å². The second kappa shape index (κ2) is 5.02. The van der Waals surface area contributed by atoms with Crippen molar-refractivity contribution in [1.82, 2.24) is 10.0 Å². The van der Waals surface area contributed by atoms with Crippen molar-refractivity contribution in [1.29, 1.82) is 0 Å². The fourth-order valence-electron chi connectivity index (χ4n) is 2.61. The molecule has 0 saturated carbocycles. The van der Waals surface area contributed by atoms with E-state index < -0.39 is 17.8 Å². The van der Waals surface area contributed by atoms with Crippen LogP contribution in [-0.2, 0) is 4.84 Å². The highest BCUT2D eigenvalue weighted by atomic mass is 16.7. The number of hydrogen-bond donors (Lipinski definition) is 0. The maximum atomic E-state index is 12.4. The third kappa shape index (κ3) is 1.98. The molecule has 0 aliphatic carbocycles. The van der Waals surface area contributed by atoms with Crippen LogP contribution < -0.4 is 0 Å². The highest BCUT2D eigenvalue weighted by Gasteiger charge is 2.39. The molecular formula is C17H10N2O5. The number of hydrogen-bond acceptors (Lipinski definition) is 6. The van der Waals surface area contributed by atoms with Crippen molar-refractivity contribution in [3.63, 3.8) is 0 Å². The van der Waals surface area contributed by atoms with Crippen molar-refractivity contribution in [2.24, 2.45) is 0 Å². The number of amides is 2. The second-order valence-corrected chi connectivity index (χ2v) is 5.21. The Bertz CT molecular complexity index is 986. The van der Waals surface area contributed by atoms with Crippen LogP contribution in [0.5, 0.6) is 0 Å². The summed E-state index contributed by atoms with van der Waals surface area (Å²) < 4.78 is 5.36. The maximum Gasteiger partial charge on any atom is 0.366 e. The van der Waals surface area contributed by atoms with E-state index >= 15 is 0 Å². The number of oxazole rings is 1. The number of benzene rings is 2. The predicted molar refractivity (Wildman–Crippen MR) is 81.1 cm³/mol. The quantitative estimate of drug-likeness (QED) is 0.673. The Labute approximate surface area is 135 Å². The second-order valence-electron chi connectivity index (χ2n) is 5.21. The minimum absolute atomic E-state index is 0.112. The van der Waals surface area contributed by atoms with Crippen LogP contribution in [0.15, 0.2) is 46.9 Å². The highest BCUT2D eigenvalue weighted by Crippen LogP contribution is 2.25. The number of carbonyl (C=O) groups excluding carboxylic acids is 3. The molecule has 0 N–H and O–H groups in total. The van der Waals surface area contributed by atoms with Gasteiger partial charge in [0, 0.05) is 6.92 Å². The molecule has 2 aromatic carbocycles. The number of hydroxylamine groups is 2. The molecule has 118 valence electrons. The first-order chi connectivity index (χ1) is 11.6. The molecule has 1 aromatic heterocycles. The van der Waals surface area contributed by atoms with Crippen LogP contribution in [0.2, 0.25) is 0 Å². The minimum atomic E-state index is -0.858. The zero-order chi connectivity index (χ0) is 16.8. The number of rotatable bonds is 2. The van der Waals surface area contributed by atoms with E-state index in [-0.39, 0.29) is 16.7 Å². The summed E-state index contributed by atoms with van der Waals surface area (Å²) in [5.74, 6) is -1.81. The van der Waals surface area contributed by atoms with E-state index in [0.29, 0.717) is 22.1 Å². The zero-order valence-electron chi connectivity index (χ0n) is 12.5. The van der Waals surface area contributed by atoms with Gasteiger partial charge in [0.25, 0.3) is 11.8 Å². The molecule has 0 spiro atoms. The van der Waals surface area contributed by atoms with E-state index in [4.69, 9.17) is 9.25 Å². The minimum Gasteiger partial charge on any atom is -0.441 e. The normalized spacial score (nSPS) is 13.5. The van der Waals surface area contributed by atoms with Crippen molar-refractivity contribution in [2.45, 2.75) is 6.92 Å². The van der Waals surface area contributed by atoms with E-state index in [9.17, 15) is 14.4 Å². The Morgan fingerprint density at radius 2 is 1.71 bits per heavy atom. The summed E-state index contributed by atoms with van der Waals surface area (Å²) in [6.45, 7) is 1.65. The first kappa shape index (κ1) is 14.1. The lowest BCUT2D eigenvalue weighted by molar-refractivity contribution is -0.0583. The van der Waals surface area contributed by atoms with Gasteiger partial charge in [-0.2, -0.15) is 0 Å². The van der Waals surface area contributed by atoms with E-state index in [2.05, 4.69) is 4.98 Å². The number of imide groups is 1.